The zero-order chi connectivity index (χ0) is 13.9. The molecular weight excluding hydrogens is 236 g/mol. The van der Waals surface area contributed by atoms with Crippen LogP contribution in [0.2, 0.25) is 0 Å². The van der Waals surface area contributed by atoms with Crippen LogP contribution in [-0.4, -0.2) is 47.0 Å². The van der Waals surface area contributed by atoms with Crippen LogP contribution in [0.15, 0.2) is 16.7 Å². The molecule has 0 aliphatic rings. The summed E-state index contributed by atoms with van der Waals surface area (Å²) in [6.07, 6.45) is 1.56. The first-order valence-corrected chi connectivity index (χ1v) is 5.58. The van der Waals surface area contributed by atoms with Gasteiger partial charge in [0.2, 0.25) is 0 Å². The second kappa shape index (κ2) is 5.57. The number of rotatable bonds is 4. The fourth-order valence-electron chi connectivity index (χ4n) is 1.50. The minimum atomic E-state index is -1.03. The van der Waals surface area contributed by atoms with Gasteiger partial charge in [-0.2, -0.15) is 0 Å². The van der Waals surface area contributed by atoms with Crippen molar-refractivity contribution in [2.45, 2.75) is 26.4 Å². The first-order chi connectivity index (χ1) is 8.34. The maximum atomic E-state index is 12.0. The second-order valence-electron chi connectivity index (χ2n) is 4.27. The quantitative estimate of drug-likeness (QED) is 0.884. The summed E-state index contributed by atoms with van der Waals surface area (Å²) >= 11 is 0. The Morgan fingerprint density at radius 1 is 1.44 bits per heavy atom. The lowest BCUT2D eigenvalue weighted by Crippen LogP contribution is -2.46. The van der Waals surface area contributed by atoms with Crippen LogP contribution in [0.1, 0.15) is 18.2 Å². The highest BCUT2D eigenvalue weighted by molar-refractivity contribution is 5.82. The van der Waals surface area contributed by atoms with E-state index < -0.39 is 12.0 Å². The zero-order valence-corrected chi connectivity index (χ0v) is 11.0. The van der Waals surface area contributed by atoms with Crippen molar-refractivity contribution in [3.05, 3.63) is 23.7 Å². The predicted molar refractivity (Wildman–Crippen MR) is 65.2 cm³/mol. The van der Waals surface area contributed by atoms with E-state index >= 15 is 0 Å². The van der Waals surface area contributed by atoms with Crippen LogP contribution >= 0.6 is 0 Å². The van der Waals surface area contributed by atoms with Crippen molar-refractivity contribution >= 4 is 12.0 Å². The summed E-state index contributed by atoms with van der Waals surface area (Å²) in [5.41, 5.74) is 0.905. The van der Waals surface area contributed by atoms with E-state index in [0.717, 1.165) is 11.3 Å². The van der Waals surface area contributed by atoms with Gasteiger partial charge in [0.1, 0.15) is 11.8 Å². The van der Waals surface area contributed by atoms with Crippen molar-refractivity contribution in [2.24, 2.45) is 0 Å². The molecule has 0 saturated heterocycles. The van der Waals surface area contributed by atoms with Crippen LogP contribution in [0.3, 0.4) is 0 Å². The van der Waals surface area contributed by atoms with E-state index in [9.17, 15) is 9.59 Å². The van der Waals surface area contributed by atoms with Gasteiger partial charge in [0.25, 0.3) is 0 Å². The van der Waals surface area contributed by atoms with Gasteiger partial charge in [-0.3, -0.25) is 0 Å². The summed E-state index contributed by atoms with van der Waals surface area (Å²) in [6, 6.07) is 0.593. The van der Waals surface area contributed by atoms with E-state index in [0.29, 0.717) is 6.54 Å². The van der Waals surface area contributed by atoms with Gasteiger partial charge in [0.05, 0.1) is 12.8 Å². The average Bonchev–Trinajstić information content (AvgIpc) is 2.71. The molecule has 0 radical (unpaired) electrons. The highest BCUT2D eigenvalue weighted by Gasteiger charge is 2.24. The monoisotopic (exact) mass is 254 g/mol. The molecule has 100 valence electrons. The van der Waals surface area contributed by atoms with Crippen molar-refractivity contribution in [1.82, 2.24) is 9.80 Å². The highest BCUT2D eigenvalue weighted by atomic mass is 16.4. The van der Waals surface area contributed by atoms with Crippen LogP contribution in [0.4, 0.5) is 4.79 Å². The molecule has 0 bridgehead atoms. The number of aliphatic carboxylic acids is 1. The number of carbonyl (C=O) groups is 2. The molecule has 0 aliphatic carbocycles. The lowest BCUT2D eigenvalue weighted by Gasteiger charge is -2.27. The van der Waals surface area contributed by atoms with E-state index in [1.54, 1.807) is 19.4 Å². The standard InChI is InChI=1S/C12H18N2O4/c1-8(11(15)16)14(4)12(17)13(3)7-10-5-6-18-9(10)2/h5-6,8H,7H2,1-4H3,(H,15,16). The third-order valence-electron chi connectivity index (χ3n) is 2.94. The number of carbonyl (C=O) groups excluding carboxylic acids is 1. The van der Waals surface area contributed by atoms with E-state index in [1.165, 1.54) is 23.8 Å². The number of likely N-dealkylation sites (N-methyl/N-ethyl adjacent to an activating group) is 1. The molecule has 6 heteroatoms. The molecule has 1 N–H and O–H groups in total. The molecule has 1 unspecified atom stereocenters. The molecule has 0 aliphatic heterocycles. The molecule has 0 saturated carbocycles. The van der Waals surface area contributed by atoms with Gasteiger partial charge in [0.15, 0.2) is 0 Å². The predicted octanol–water partition coefficient (Wildman–Crippen LogP) is 1.54. The van der Waals surface area contributed by atoms with Gasteiger partial charge in [-0.25, -0.2) is 9.59 Å². The maximum Gasteiger partial charge on any atom is 0.326 e. The molecule has 6 nitrogen and oxygen atoms in total. The highest BCUT2D eigenvalue weighted by Crippen LogP contribution is 2.12. The van der Waals surface area contributed by atoms with E-state index in [4.69, 9.17) is 9.52 Å². The molecule has 1 heterocycles. The Labute approximate surface area is 106 Å². The Hall–Kier alpha value is -1.98. The van der Waals surface area contributed by atoms with Gasteiger partial charge in [-0.15, -0.1) is 0 Å². The SMILES string of the molecule is Cc1occc1CN(C)C(=O)N(C)C(C)C(=O)O. The number of amides is 2. The van der Waals surface area contributed by atoms with Crippen molar-refractivity contribution in [2.75, 3.05) is 14.1 Å². The molecule has 0 spiro atoms. The first-order valence-electron chi connectivity index (χ1n) is 5.58. The van der Waals surface area contributed by atoms with Crippen molar-refractivity contribution < 1.29 is 19.1 Å². The fraction of sp³-hybridized carbons (Fsp3) is 0.500. The Kier molecular flexibility index (Phi) is 4.36. The van der Waals surface area contributed by atoms with Crippen LogP contribution < -0.4 is 0 Å². The third-order valence-corrected chi connectivity index (χ3v) is 2.94. The van der Waals surface area contributed by atoms with Crippen molar-refractivity contribution in [3.8, 4) is 0 Å². The minimum absolute atomic E-state index is 0.342. The number of aryl methyl sites for hydroxylation is 1. The number of furan rings is 1. The number of carboxylic acid groups (broad SMARTS) is 1. The van der Waals surface area contributed by atoms with Gasteiger partial charge in [-0.1, -0.05) is 0 Å². The fourth-order valence-corrected chi connectivity index (χ4v) is 1.50. The number of hydrogen-bond donors (Lipinski definition) is 1. The number of hydrogen-bond acceptors (Lipinski definition) is 3. The van der Waals surface area contributed by atoms with Gasteiger partial charge >= 0.3 is 12.0 Å². The van der Waals surface area contributed by atoms with Crippen LogP contribution in [0.25, 0.3) is 0 Å². The van der Waals surface area contributed by atoms with E-state index in [1.807, 2.05) is 6.92 Å². The summed E-state index contributed by atoms with van der Waals surface area (Å²) in [5, 5.41) is 8.86. The van der Waals surface area contributed by atoms with Crippen LogP contribution in [0, 0.1) is 6.92 Å². The zero-order valence-electron chi connectivity index (χ0n) is 11.0. The lowest BCUT2D eigenvalue weighted by atomic mass is 10.2. The smallest absolute Gasteiger partial charge is 0.326 e. The Morgan fingerprint density at radius 2 is 2.06 bits per heavy atom. The molecular formula is C12H18N2O4. The molecule has 1 aromatic rings. The minimum Gasteiger partial charge on any atom is -0.480 e. The first kappa shape index (κ1) is 14.1. The molecule has 18 heavy (non-hydrogen) atoms. The molecule has 1 rings (SSSR count). The molecule has 0 fully saturated rings. The van der Waals surface area contributed by atoms with Crippen molar-refractivity contribution in [3.63, 3.8) is 0 Å². The van der Waals surface area contributed by atoms with E-state index in [2.05, 4.69) is 0 Å². The Morgan fingerprint density at radius 3 is 2.50 bits per heavy atom. The normalized spacial score (nSPS) is 12.0. The van der Waals surface area contributed by atoms with Gasteiger partial charge in [-0.05, 0) is 19.9 Å². The summed E-state index contributed by atoms with van der Waals surface area (Å²) in [7, 11) is 3.10. The Bertz CT molecular complexity index is 441. The molecule has 0 aromatic carbocycles. The average molecular weight is 254 g/mol. The topological polar surface area (TPSA) is 74.0 Å². The summed E-state index contributed by atoms with van der Waals surface area (Å²) in [5.74, 6) is -0.276. The lowest BCUT2D eigenvalue weighted by molar-refractivity contribution is -0.141. The summed E-state index contributed by atoms with van der Waals surface area (Å²) in [4.78, 5) is 25.4. The van der Waals surface area contributed by atoms with Gasteiger partial charge < -0.3 is 19.3 Å². The molecule has 2 amide bonds. The van der Waals surface area contributed by atoms with Crippen molar-refractivity contribution in [1.29, 1.82) is 0 Å². The number of urea groups is 1. The third kappa shape index (κ3) is 3.03. The summed E-state index contributed by atoms with van der Waals surface area (Å²) in [6.45, 7) is 3.67. The number of carboxylic acids is 1. The Balaban J connectivity index is 2.67. The maximum absolute atomic E-state index is 12.0. The number of nitrogens with zero attached hydrogens (tertiary/aromatic N) is 2. The molecule has 1 aromatic heterocycles. The van der Waals surface area contributed by atoms with Gasteiger partial charge in [0, 0.05) is 19.7 Å². The van der Waals surface area contributed by atoms with Crippen LogP contribution in [0.5, 0.6) is 0 Å². The second-order valence-corrected chi connectivity index (χ2v) is 4.27. The van der Waals surface area contributed by atoms with E-state index in [-0.39, 0.29) is 6.03 Å². The van der Waals surface area contributed by atoms with Crippen LogP contribution in [-0.2, 0) is 11.3 Å². The largest absolute Gasteiger partial charge is 0.480 e. The molecule has 1 atom stereocenters. The summed E-state index contributed by atoms with van der Waals surface area (Å²) < 4.78 is 5.15.